The molecule has 0 saturated heterocycles. The summed E-state index contributed by atoms with van der Waals surface area (Å²) in [5.41, 5.74) is 10.1. The lowest BCUT2D eigenvalue weighted by atomic mass is 9.61. The van der Waals surface area contributed by atoms with Crippen molar-refractivity contribution >= 4 is 82.4 Å². The van der Waals surface area contributed by atoms with Gasteiger partial charge in [-0.2, -0.15) is 21.6 Å². The number of Topliss-reactive ketones (excluding diaryl/α,β-unsaturated/α-hetero) is 1. The molecule has 1 aliphatic rings. The van der Waals surface area contributed by atoms with E-state index >= 15 is 0 Å². The van der Waals surface area contributed by atoms with Gasteiger partial charge < -0.3 is 14.7 Å². The van der Waals surface area contributed by atoms with E-state index in [1.165, 1.54) is 0 Å². The smallest absolute Gasteiger partial charge is 0.416 e. The minimum absolute atomic E-state index is 0.0865. The lowest BCUT2D eigenvalue weighted by Crippen LogP contribution is -2.56. The van der Waals surface area contributed by atoms with Gasteiger partial charge in [0, 0.05) is 5.56 Å². The van der Waals surface area contributed by atoms with Crippen molar-refractivity contribution in [3.63, 3.8) is 0 Å². The van der Waals surface area contributed by atoms with Crippen LogP contribution in [0.1, 0.15) is 22.8 Å². The van der Waals surface area contributed by atoms with Crippen molar-refractivity contribution in [3.8, 4) is 0 Å². The van der Waals surface area contributed by atoms with Crippen LogP contribution < -0.4 is 33.0 Å². The molecule has 1 atom stereocenters. The Labute approximate surface area is 194 Å². The number of carbonyl (C=O) groups excluding carboxylic acids is 1. The van der Waals surface area contributed by atoms with Gasteiger partial charge in [0.25, 0.3) is 0 Å². The fourth-order valence-electron chi connectivity index (χ4n) is 3.75. The molecule has 6 nitrogen and oxygen atoms in total. The number of hydrogen-bond acceptors (Lipinski definition) is 6. The first kappa shape index (κ1) is 24.9. The second-order valence-electron chi connectivity index (χ2n) is 8.06. The molecule has 3 rings (SSSR count). The summed E-state index contributed by atoms with van der Waals surface area (Å²) in [6, 6.07) is 3.73. The molecular weight excluding hydrogens is 453 g/mol. The zero-order valence-corrected chi connectivity index (χ0v) is 19.6. The van der Waals surface area contributed by atoms with Gasteiger partial charge >= 0.3 is 16.3 Å². The van der Waals surface area contributed by atoms with Crippen LogP contribution in [0.5, 0.6) is 0 Å². The number of ether oxygens (including phenoxy) is 1. The van der Waals surface area contributed by atoms with E-state index in [9.17, 15) is 26.4 Å². The maximum Gasteiger partial charge on any atom is 0.416 e. The molecule has 1 heterocycles. The fraction of sp³-hybridized carbons (Fsp3) is 0.167. The summed E-state index contributed by atoms with van der Waals surface area (Å²) < 4.78 is 74.2. The molecule has 33 heavy (non-hydrogen) atoms. The van der Waals surface area contributed by atoms with Gasteiger partial charge in [-0.05, 0) is 17.7 Å². The van der Waals surface area contributed by atoms with Crippen molar-refractivity contribution in [1.82, 2.24) is 0 Å². The molecule has 0 fully saturated rings. The van der Waals surface area contributed by atoms with Crippen LogP contribution in [0.15, 0.2) is 35.9 Å². The minimum atomic E-state index is -4.54. The Morgan fingerprint density at radius 1 is 0.939 bits per heavy atom. The van der Waals surface area contributed by atoms with Gasteiger partial charge in [0.1, 0.15) is 45.0 Å². The molecule has 1 unspecified atom stereocenters. The fourth-order valence-corrected chi connectivity index (χ4v) is 5.01. The van der Waals surface area contributed by atoms with Crippen molar-refractivity contribution in [2.45, 2.75) is 18.0 Å². The quantitative estimate of drug-likeness (QED) is 0.345. The van der Waals surface area contributed by atoms with E-state index in [4.69, 9.17) is 14.7 Å². The first-order valence-corrected chi connectivity index (χ1v) is 11.6. The third-order valence-electron chi connectivity index (χ3n) is 6.16. The van der Waals surface area contributed by atoms with Crippen molar-refractivity contribution in [2.75, 3.05) is 0 Å². The van der Waals surface area contributed by atoms with Crippen molar-refractivity contribution in [1.29, 1.82) is 0 Å². The molecule has 0 amide bonds. The first-order chi connectivity index (χ1) is 15.1. The molecule has 0 bridgehead atoms. The van der Waals surface area contributed by atoms with Gasteiger partial charge in [0.2, 0.25) is 17.4 Å². The predicted molar refractivity (Wildman–Crippen MR) is 133 cm³/mol. The molecule has 0 radical (unpaired) electrons. The number of alkyl halides is 3. The molecule has 15 heteroatoms. The van der Waals surface area contributed by atoms with E-state index in [1.807, 2.05) is 39.2 Å². The Kier molecular flexibility index (Phi) is 6.49. The van der Waals surface area contributed by atoms with E-state index in [0.717, 1.165) is 51.6 Å². The van der Waals surface area contributed by atoms with Crippen LogP contribution in [0, 0.1) is 0 Å². The lowest BCUT2D eigenvalue weighted by molar-refractivity contribution is -0.137. The monoisotopic (exact) mass is 473 g/mol. The highest BCUT2D eigenvalue weighted by molar-refractivity contribution is 7.86. The van der Waals surface area contributed by atoms with Crippen LogP contribution in [0.25, 0.3) is 0 Å². The summed E-state index contributed by atoms with van der Waals surface area (Å²) in [4.78, 5) is 12.7. The molecule has 0 aromatic heterocycles. The van der Waals surface area contributed by atoms with Crippen LogP contribution >= 0.6 is 0 Å². The summed E-state index contributed by atoms with van der Waals surface area (Å²) in [5, 5.41) is 0. The highest BCUT2D eigenvalue weighted by atomic mass is 32.2. The zero-order chi connectivity index (χ0) is 24.9. The summed E-state index contributed by atoms with van der Waals surface area (Å²) in [7, 11) is 5.10. The topological polar surface area (TPSA) is 95.7 Å². The number of nitrogens with two attached hydrogens (primary N) is 1. The van der Waals surface area contributed by atoms with Gasteiger partial charge in [0.05, 0.1) is 5.56 Å². The predicted octanol–water partition coefficient (Wildman–Crippen LogP) is -5.69. The molecule has 1 aliphatic heterocycles. The molecule has 0 saturated carbocycles. The Bertz CT molecular complexity index is 1250. The number of rotatable bonds is 5. The van der Waals surface area contributed by atoms with Crippen LogP contribution in [-0.4, -0.2) is 53.4 Å². The zero-order valence-electron chi connectivity index (χ0n) is 18.8. The third-order valence-corrected chi connectivity index (χ3v) is 7.22. The lowest BCUT2D eigenvalue weighted by Gasteiger charge is -2.20. The van der Waals surface area contributed by atoms with Crippen molar-refractivity contribution in [2.24, 2.45) is 5.73 Å². The Hall–Kier alpha value is -2.69. The number of hydrogen-bond donors (Lipinski definition) is 1. The van der Waals surface area contributed by atoms with Gasteiger partial charge in [-0.25, -0.2) is 0 Å². The molecular formula is C18H19B5F3NO5S. The van der Waals surface area contributed by atoms with Crippen molar-refractivity contribution < 1.29 is 35.3 Å². The Morgan fingerprint density at radius 3 is 1.91 bits per heavy atom. The van der Waals surface area contributed by atoms with E-state index in [0.29, 0.717) is 5.56 Å². The standard InChI is InChI=1S/C18H19B5F3NO5S/c19-9-8(10(20)12(22)13(23)11(9)21)5-33(29,30)32-16-14(28)15(31-17(16)27)6-1-3-7(4-2-6)18(24,25)26/h1-4,15H,5,19-23,27H2. The number of ketones is 1. The number of benzene rings is 2. The molecule has 2 N–H and O–H groups in total. The molecule has 168 valence electrons. The maximum atomic E-state index is 12.8. The van der Waals surface area contributed by atoms with Gasteiger partial charge in [-0.1, -0.05) is 23.1 Å². The van der Waals surface area contributed by atoms with E-state index < -0.39 is 51.1 Å². The first-order valence-electron chi connectivity index (χ1n) is 9.99. The molecule has 0 aliphatic carbocycles. The number of carbonyl (C=O) groups is 1. The normalized spacial score (nSPS) is 16.7. The van der Waals surface area contributed by atoms with E-state index in [1.54, 1.807) is 0 Å². The van der Waals surface area contributed by atoms with Crippen LogP contribution in [0.3, 0.4) is 0 Å². The molecule has 2 aromatic rings. The number of halogens is 3. The third kappa shape index (κ3) is 4.83. The van der Waals surface area contributed by atoms with Crippen molar-refractivity contribution in [3.05, 3.63) is 52.6 Å². The SMILES string of the molecule is Bc1c(B)c(B)c(CS(=O)(=O)OC2=C(N)OC(c3ccc(C(F)(F)F)cc3)C2=O)c(B)c1B. The second-order valence-corrected chi connectivity index (χ2v) is 9.63. The van der Waals surface area contributed by atoms with Gasteiger partial charge in [-0.3, -0.25) is 4.79 Å². The van der Waals surface area contributed by atoms with Gasteiger partial charge in [0.15, 0.2) is 6.10 Å². The van der Waals surface area contributed by atoms with Gasteiger partial charge in [-0.15, -0.1) is 16.4 Å². The Morgan fingerprint density at radius 2 is 1.42 bits per heavy atom. The maximum absolute atomic E-state index is 12.8. The van der Waals surface area contributed by atoms with E-state index in [2.05, 4.69) is 0 Å². The summed E-state index contributed by atoms with van der Waals surface area (Å²) >= 11 is 0. The minimum Gasteiger partial charge on any atom is -0.460 e. The van der Waals surface area contributed by atoms with Crippen LogP contribution in [0.4, 0.5) is 13.2 Å². The summed E-state index contributed by atoms with van der Waals surface area (Å²) in [6.07, 6.45) is -5.94. The molecule has 0 spiro atoms. The molecule has 2 aromatic carbocycles. The van der Waals surface area contributed by atoms with Crippen LogP contribution in [-0.2, 0) is 35.8 Å². The second kappa shape index (κ2) is 8.59. The van der Waals surface area contributed by atoms with Crippen LogP contribution in [0.2, 0.25) is 0 Å². The highest BCUT2D eigenvalue weighted by Gasteiger charge is 2.40. The Balaban J connectivity index is 1.84. The largest absolute Gasteiger partial charge is 0.460 e. The summed E-state index contributed by atoms with van der Waals surface area (Å²) in [6.45, 7) is 0. The average Bonchev–Trinajstić information content (AvgIpc) is 3.01. The highest BCUT2D eigenvalue weighted by Crippen LogP contribution is 2.35. The van der Waals surface area contributed by atoms with E-state index in [-0.39, 0.29) is 5.56 Å². The summed E-state index contributed by atoms with van der Waals surface area (Å²) in [5.74, 6) is -2.60. The average molecular weight is 472 g/mol.